The quantitative estimate of drug-likeness (QED) is 0.321. The van der Waals surface area contributed by atoms with Gasteiger partial charge >= 0.3 is 0 Å². The first kappa shape index (κ1) is 30.1. The minimum atomic E-state index is -4.07. The highest BCUT2D eigenvalue weighted by Gasteiger charge is 2.34. The molecule has 4 rings (SSSR count). The number of para-hydroxylation sites is 1. The number of hydrogen-bond acceptors (Lipinski definition) is 5. The molecule has 1 unspecified atom stereocenters. The SMILES string of the molecule is CCC(C(=O)NC1CCCCC1)N(Cc1ccc(OC)cc1)C(=O)CN(c1ccccc1)S(=O)(=O)c1ccccc1. The fraction of sp³-hybridized carbons (Fsp3) is 0.375. The molecule has 0 spiro atoms. The van der Waals surface area contributed by atoms with Crippen LogP contribution in [0.4, 0.5) is 5.69 Å². The van der Waals surface area contributed by atoms with Gasteiger partial charge in [0.05, 0.1) is 17.7 Å². The normalized spacial score (nSPS) is 14.6. The molecule has 0 aliphatic heterocycles. The zero-order chi connectivity index (χ0) is 29.2. The van der Waals surface area contributed by atoms with E-state index in [1.807, 2.05) is 19.1 Å². The summed E-state index contributed by atoms with van der Waals surface area (Å²) in [4.78, 5) is 29.3. The van der Waals surface area contributed by atoms with E-state index in [2.05, 4.69) is 5.32 Å². The van der Waals surface area contributed by atoms with Crippen LogP contribution >= 0.6 is 0 Å². The van der Waals surface area contributed by atoms with E-state index < -0.39 is 28.5 Å². The molecule has 1 N–H and O–H groups in total. The van der Waals surface area contributed by atoms with Gasteiger partial charge < -0.3 is 15.0 Å². The number of nitrogens with one attached hydrogen (secondary N) is 1. The molecule has 0 aromatic heterocycles. The van der Waals surface area contributed by atoms with Crippen molar-refractivity contribution in [1.82, 2.24) is 10.2 Å². The lowest BCUT2D eigenvalue weighted by molar-refractivity contribution is -0.140. The molecule has 1 fully saturated rings. The van der Waals surface area contributed by atoms with Crippen LogP contribution in [0.15, 0.2) is 89.8 Å². The Bertz CT molecular complexity index is 1380. The van der Waals surface area contributed by atoms with Gasteiger partial charge in [0.1, 0.15) is 18.3 Å². The van der Waals surface area contributed by atoms with E-state index in [-0.39, 0.29) is 23.4 Å². The van der Waals surface area contributed by atoms with Crippen molar-refractivity contribution in [2.75, 3.05) is 18.0 Å². The Kier molecular flexibility index (Phi) is 10.4. The molecule has 3 aromatic rings. The Morgan fingerprint density at radius 2 is 1.51 bits per heavy atom. The zero-order valence-corrected chi connectivity index (χ0v) is 24.6. The van der Waals surface area contributed by atoms with E-state index in [4.69, 9.17) is 4.74 Å². The monoisotopic (exact) mass is 577 g/mol. The van der Waals surface area contributed by atoms with Gasteiger partial charge in [-0.15, -0.1) is 0 Å². The number of hydrogen-bond donors (Lipinski definition) is 1. The van der Waals surface area contributed by atoms with E-state index >= 15 is 0 Å². The number of nitrogens with zero attached hydrogens (tertiary/aromatic N) is 2. The number of anilines is 1. The minimum Gasteiger partial charge on any atom is -0.497 e. The number of amides is 2. The van der Waals surface area contributed by atoms with Gasteiger partial charge in [0.2, 0.25) is 11.8 Å². The minimum absolute atomic E-state index is 0.0837. The predicted octanol–water partition coefficient (Wildman–Crippen LogP) is 5.15. The Hall–Kier alpha value is -3.85. The summed E-state index contributed by atoms with van der Waals surface area (Å²) in [7, 11) is -2.49. The number of rotatable bonds is 12. The third-order valence-electron chi connectivity index (χ3n) is 7.50. The van der Waals surface area contributed by atoms with Crippen LogP contribution in [-0.4, -0.2) is 50.9 Å². The van der Waals surface area contributed by atoms with Crippen LogP contribution in [-0.2, 0) is 26.2 Å². The zero-order valence-electron chi connectivity index (χ0n) is 23.7. The Morgan fingerprint density at radius 1 is 0.902 bits per heavy atom. The van der Waals surface area contributed by atoms with Gasteiger partial charge in [0, 0.05) is 12.6 Å². The third kappa shape index (κ3) is 7.67. The number of sulfonamides is 1. The Labute approximate surface area is 243 Å². The average Bonchev–Trinajstić information content (AvgIpc) is 3.01. The van der Waals surface area contributed by atoms with E-state index in [0.717, 1.165) is 42.0 Å². The fourth-order valence-electron chi connectivity index (χ4n) is 5.23. The molecule has 0 radical (unpaired) electrons. The first-order chi connectivity index (χ1) is 19.8. The van der Waals surface area contributed by atoms with Crippen LogP contribution in [0.2, 0.25) is 0 Å². The molecule has 1 aliphatic carbocycles. The molecule has 8 nitrogen and oxygen atoms in total. The molecule has 1 atom stereocenters. The number of carbonyl (C=O) groups is 2. The van der Waals surface area contributed by atoms with Crippen LogP contribution in [0.25, 0.3) is 0 Å². The maximum absolute atomic E-state index is 14.1. The number of benzene rings is 3. The summed E-state index contributed by atoms with van der Waals surface area (Å²) in [6.07, 6.45) is 5.53. The summed E-state index contributed by atoms with van der Waals surface area (Å²) in [5, 5.41) is 3.17. The second kappa shape index (κ2) is 14.2. The number of carbonyl (C=O) groups excluding carboxylic acids is 2. The molecule has 0 heterocycles. The highest BCUT2D eigenvalue weighted by atomic mass is 32.2. The molecule has 1 saturated carbocycles. The van der Waals surface area contributed by atoms with Crippen molar-refractivity contribution in [1.29, 1.82) is 0 Å². The summed E-state index contributed by atoms with van der Waals surface area (Å²) in [5.41, 5.74) is 1.18. The van der Waals surface area contributed by atoms with Crippen molar-refractivity contribution in [2.45, 2.75) is 69.0 Å². The fourth-order valence-corrected chi connectivity index (χ4v) is 6.67. The second-order valence-corrected chi connectivity index (χ2v) is 12.2. The summed E-state index contributed by atoms with van der Waals surface area (Å²) in [6, 6.07) is 23.3. The van der Waals surface area contributed by atoms with Crippen LogP contribution in [0.1, 0.15) is 51.0 Å². The molecule has 1 aliphatic rings. The van der Waals surface area contributed by atoms with Gasteiger partial charge in [-0.1, -0.05) is 74.7 Å². The highest BCUT2D eigenvalue weighted by molar-refractivity contribution is 7.92. The van der Waals surface area contributed by atoms with Crippen LogP contribution < -0.4 is 14.4 Å². The molecule has 0 saturated heterocycles. The molecular weight excluding hydrogens is 538 g/mol. The lowest BCUT2D eigenvalue weighted by Gasteiger charge is -2.34. The average molecular weight is 578 g/mol. The van der Waals surface area contributed by atoms with Gasteiger partial charge in [-0.25, -0.2) is 8.42 Å². The van der Waals surface area contributed by atoms with Crippen molar-refractivity contribution in [2.24, 2.45) is 0 Å². The molecule has 0 bridgehead atoms. The van der Waals surface area contributed by atoms with Gasteiger partial charge in [0.15, 0.2) is 0 Å². The summed E-state index contributed by atoms with van der Waals surface area (Å²) < 4.78 is 34.0. The highest BCUT2D eigenvalue weighted by Crippen LogP contribution is 2.25. The van der Waals surface area contributed by atoms with Crippen LogP contribution in [0, 0.1) is 0 Å². The second-order valence-electron chi connectivity index (χ2n) is 10.3. The van der Waals surface area contributed by atoms with Crippen molar-refractivity contribution in [3.05, 3.63) is 90.5 Å². The first-order valence-electron chi connectivity index (χ1n) is 14.2. The van der Waals surface area contributed by atoms with E-state index in [0.29, 0.717) is 17.9 Å². The molecule has 9 heteroatoms. The lowest BCUT2D eigenvalue weighted by Crippen LogP contribution is -2.54. The summed E-state index contributed by atoms with van der Waals surface area (Å²) in [5.74, 6) is 0.00572. The van der Waals surface area contributed by atoms with Crippen LogP contribution in [0.3, 0.4) is 0 Å². The van der Waals surface area contributed by atoms with Gasteiger partial charge in [-0.05, 0) is 61.2 Å². The van der Waals surface area contributed by atoms with E-state index in [1.165, 1.54) is 17.0 Å². The van der Waals surface area contributed by atoms with Gasteiger partial charge in [-0.2, -0.15) is 0 Å². The van der Waals surface area contributed by atoms with E-state index in [9.17, 15) is 18.0 Å². The Morgan fingerprint density at radius 3 is 2.10 bits per heavy atom. The maximum Gasteiger partial charge on any atom is 0.264 e. The molecule has 2 amide bonds. The van der Waals surface area contributed by atoms with Crippen molar-refractivity contribution < 1.29 is 22.7 Å². The number of ether oxygens (including phenoxy) is 1. The first-order valence-corrected chi connectivity index (χ1v) is 15.6. The predicted molar refractivity (Wildman–Crippen MR) is 160 cm³/mol. The topological polar surface area (TPSA) is 96.0 Å². The van der Waals surface area contributed by atoms with Gasteiger partial charge in [-0.3, -0.25) is 13.9 Å². The lowest BCUT2D eigenvalue weighted by atomic mass is 9.95. The molecule has 3 aromatic carbocycles. The van der Waals surface area contributed by atoms with Crippen molar-refractivity contribution in [3.8, 4) is 5.75 Å². The maximum atomic E-state index is 14.1. The van der Waals surface area contributed by atoms with Crippen LogP contribution in [0.5, 0.6) is 5.75 Å². The summed E-state index contributed by atoms with van der Waals surface area (Å²) in [6.45, 7) is 1.56. The van der Waals surface area contributed by atoms with Gasteiger partial charge in [0.25, 0.3) is 10.0 Å². The Balaban J connectivity index is 1.67. The number of methoxy groups -OCH3 is 1. The standard InChI is InChI=1S/C32H39N3O5S/c1-3-30(32(37)33-26-13-7-4-8-14-26)34(23-25-19-21-28(40-2)22-20-25)31(36)24-35(27-15-9-5-10-16-27)41(38,39)29-17-11-6-12-18-29/h5-6,9-12,15-22,26,30H,3-4,7-8,13-14,23-24H2,1-2H3,(H,33,37). The van der Waals surface area contributed by atoms with Crippen molar-refractivity contribution in [3.63, 3.8) is 0 Å². The molecule has 218 valence electrons. The van der Waals surface area contributed by atoms with E-state index in [1.54, 1.807) is 67.8 Å². The largest absolute Gasteiger partial charge is 0.497 e. The molecular formula is C32H39N3O5S. The third-order valence-corrected chi connectivity index (χ3v) is 9.29. The summed E-state index contributed by atoms with van der Waals surface area (Å²) >= 11 is 0. The van der Waals surface area contributed by atoms with Crippen molar-refractivity contribution >= 4 is 27.5 Å². The molecule has 41 heavy (non-hydrogen) atoms. The smallest absolute Gasteiger partial charge is 0.264 e.